The van der Waals surface area contributed by atoms with Crippen LogP contribution in [-0.4, -0.2) is 34.7 Å². The predicted molar refractivity (Wildman–Crippen MR) is 73.9 cm³/mol. The fraction of sp³-hybridized carbons (Fsp3) is 0.417. The van der Waals surface area contributed by atoms with Gasteiger partial charge in [-0.05, 0) is 25.0 Å². The zero-order valence-corrected chi connectivity index (χ0v) is 12.0. The molecule has 0 aliphatic heterocycles. The number of aliphatic carboxylic acids is 1. The van der Waals surface area contributed by atoms with Gasteiger partial charge in [-0.3, -0.25) is 20.2 Å². The number of nitro benzene ring substituents is 1. The average molecular weight is 345 g/mol. The van der Waals surface area contributed by atoms with Crippen LogP contribution in [0.2, 0.25) is 0 Å². The quantitative estimate of drug-likeness (QED) is 0.578. The van der Waals surface area contributed by atoms with Crippen LogP contribution in [0.1, 0.15) is 12.8 Å². The summed E-state index contributed by atoms with van der Waals surface area (Å²) >= 11 is 3.14. The Kier molecular flexibility index (Phi) is 4.56. The second-order valence-electron chi connectivity index (χ2n) is 4.51. The van der Waals surface area contributed by atoms with Crippen LogP contribution in [-0.2, 0) is 4.79 Å². The molecular formula is C12H13BrN2O5. The zero-order chi connectivity index (χ0) is 14.7. The minimum Gasteiger partial charge on any atom is -0.485 e. The number of halogens is 1. The van der Waals surface area contributed by atoms with E-state index in [1.807, 2.05) is 0 Å². The minimum atomic E-state index is -1.03. The molecule has 0 amide bonds. The molecule has 1 aliphatic rings. The van der Waals surface area contributed by atoms with Gasteiger partial charge in [-0.1, -0.05) is 15.9 Å². The third-order valence-electron chi connectivity index (χ3n) is 2.84. The molecule has 7 nitrogen and oxygen atoms in total. The predicted octanol–water partition coefficient (Wildman–Crippen LogP) is 1.94. The summed E-state index contributed by atoms with van der Waals surface area (Å²) in [6.07, 6.45) is 1.89. The van der Waals surface area contributed by atoms with Crippen molar-refractivity contribution in [1.29, 1.82) is 0 Å². The highest BCUT2D eigenvalue weighted by atomic mass is 79.9. The molecule has 0 spiro atoms. The lowest BCUT2D eigenvalue weighted by Crippen LogP contribution is -2.42. The molecule has 0 aromatic heterocycles. The van der Waals surface area contributed by atoms with Crippen molar-refractivity contribution in [3.05, 3.63) is 32.8 Å². The molecule has 0 heterocycles. The van der Waals surface area contributed by atoms with E-state index in [-0.39, 0.29) is 24.1 Å². The van der Waals surface area contributed by atoms with E-state index in [1.54, 1.807) is 6.07 Å². The lowest BCUT2D eigenvalue weighted by molar-refractivity contribution is -0.386. The van der Waals surface area contributed by atoms with Crippen molar-refractivity contribution in [2.24, 2.45) is 0 Å². The van der Waals surface area contributed by atoms with E-state index in [2.05, 4.69) is 21.2 Å². The van der Waals surface area contributed by atoms with Gasteiger partial charge in [-0.25, -0.2) is 0 Å². The van der Waals surface area contributed by atoms with Crippen molar-refractivity contribution in [2.45, 2.75) is 24.9 Å². The number of carboxylic acids is 1. The maximum Gasteiger partial charge on any atom is 0.324 e. The highest BCUT2D eigenvalue weighted by molar-refractivity contribution is 9.10. The summed E-state index contributed by atoms with van der Waals surface area (Å²) in [5.41, 5.74) is -0.199. The number of carboxylic acid groups (broad SMARTS) is 1. The topological polar surface area (TPSA) is 102 Å². The van der Waals surface area contributed by atoms with Gasteiger partial charge >= 0.3 is 11.7 Å². The molecule has 1 aromatic rings. The van der Waals surface area contributed by atoms with Gasteiger partial charge < -0.3 is 9.84 Å². The van der Waals surface area contributed by atoms with E-state index < -0.39 is 16.9 Å². The van der Waals surface area contributed by atoms with Gasteiger partial charge in [0.2, 0.25) is 0 Å². The van der Waals surface area contributed by atoms with Gasteiger partial charge in [0.05, 0.1) is 4.92 Å². The van der Waals surface area contributed by atoms with Crippen LogP contribution < -0.4 is 10.1 Å². The van der Waals surface area contributed by atoms with Crippen molar-refractivity contribution >= 4 is 27.6 Å². The number of carbonyl (C=O) groups is 1. The molecular weight excluding hydrogens is 332 g/mol. The number of ether oxygens (including phenoxy) is 1. The zero-order valence-electron chi connectivity index (χ0n) is 10.4. The lowest BCUT2D eigenvalue weighted by atomic mass is 10.3. The van der Waals surface area contributed by atoms with Gasteiger partial charge in [0.1, 0.15) is 12.6 Å². The summed E-state index contributed by atoms with van der Waals surface area (Å²) < 4.78 is 5.86. The maximum atomic E-state index is 11.1. The number of hydrogen-bond donors (Lipinski definition) is 2. The second kappa shape index (κ2) is 6.19. The minimum absolute atomic E-state index is 0.0575. The van der Waals surface area contributed by atoms with Crippen LogP contribution >= 0.6 is 15.9 Å². The molecule has 2 rings (SSSR count). The summed E-state index contributed by atoms with van der Waals surface area (Å²) in [7, 11) is 0. The molecule has 8 heteroatoms. The van der Waals surface area contributed by atoms with Crippen LogP contribution in [0.4, 0.5) is 5.69 Å². The van der Waals surface area contributed by atoms with Gasteiger partial charge in [-0.15, -0.1) is 0 Å². The Morgan fingerprint density at radius 1 is 1.60 bits per heavy atom. The first-order chi connectivity index (χ1) is 9.47. The fourth-order valence-corrected chi connectivity index (χ4v) is 2.00. The summed E-state index contributed by atoms with van der Waals surface area (Å²) in [5, 5.41) is 22.9. The van der Waals surface area contributed by atoms with E-state index in [1.165, 1.54) is 12.1 Å². The van der Waals surface area contributed by atoms with Gasteiger partial charge in [-0.2, -0.15) is 0 Å². The van der Waals surface area contributed by atoms with Crippen LogP contribution in [0, 0.1) is 10.1 Å². The molecule has 2 N–H and O–H groups in total. The van der Waals surface area contributed by atoms with E-state index in [0.29, 0.717) is 4.47 Å². The normalized spacial score (nSPS) is 15.7. The Morgan fingerprint density at radius 3 is 2.85 bits per heavy atom. The van der Waals surface area contributed by atoms with E-state index in [9.17, 15) is 14.9 Å². The van der Waals surface area contributed by atoms with Crippen molar-refractivity contribution in [2.75, 3.05) is 6.61 Å². The molecule has 108 valence electrons. The number of hydrogen-bond acceptors (Lipinski definition) is 5. The first kappa shape index (κ1) is 14.7. The molecule has 20 heavy (non-hydrogen) atoms. The van der Waals surface area contributed by atoms with E-state index >= 15 is 0 Å². The SMILES string of the molecule is O=C(O)C(COc1ccc(Br)cc1[N+](=O)[O-])NC1CC1. The van der Waals surface area contributed by atoms with E-state index in [0.717, 1.165) is 12.8 Å². The number of nitrogens with zero attached hydrogens (tertiary/aromatic N) is 1. The second-order valence-corrected chi connectivity index (χ2v) is 5.43. The Bertz CT molecular complexity index is 533. The molecule has 0 saturated heterocycles. The van der Waals surface area contributed by atoms with Crippen molar-refractivity contribution in [3.63, 3.8) is 0 Å². The third-order valence-corrected chi connectivity index (χ3v) is 3.33. The lowest BCUT2D eigenvalue weighted by Gasteiger charge is -2.15. The summed E-state index contributed by atoms with van der Waals surface area (Å²) in [5.74, 6) is -0.973. The number of rotatable bonds is 7. The summed E-state index contributed by atoms with van der Waals surface area (Å²) in [4.78, 5) is 21.4. The highest BCUT2D eigenvalue weighted by Crippen LogP contribution is 2.30. The number of benzene rings is 1. The summed E-state index contributed by atoms with van der Waals surface area (Å²) in [6, 6.07) is 3.70. The molecule has 1 aromatic carbocycles. The Morgan fingerprint density at radius 2 is 2.30 bits per heavy atom. The van der Waals surface area contributed by atoms with Crippen LogP contribution in [0.5, 0.6) is 5.75 Å². The Balaban J connectivity index is 2.04. The van der Waals surface area contributed by atoms with Crippen molar-refractivity contribution in [3.8, 4) is 5.75 Å². The first-order valence-corrected chi connectivity index (χ1v) is 6.82. The third kappa shape index (κ3) is 3.91. The number of nitro groups is 1. The van der Waals surface area contributed by atoms with E-state index in [4.69, 9.17) is 9.84 Å². The number of nitrogens with one attached hydrogen (secondary N) is 1. The average Bonchev–Trinajstić information content (AvgIpc) is 3.19. The van der Waals surface area contributed by atoms with Crippen LogP contribution in [0.25, 0.3) is 0 Å². The molecule has 1 atom stereocenters. The molecule has 1 fully saturated rings. The standard InChI is InChI=1S/C12H13BrN2O5/c13-7-1-4-11(10(5-7)15(18)19)20-6-9(12(16)17)14-8-2-3-8/h1,4-5,8-9,14H,2-3,6H2,(H,16,17). The maximum absolute atomic E-state index is 11.1. The Hall–Kier alpha value is -1.67. The van der Waals surface area contributed by atoms with Gasteiger partial charge in [0.15, 0.2) is 5.75 Å². The summed E-state index contributed by atoms with van der Waals surface area (Å²) in [6.45, 7) is -0.158. The molecule has 0 radical (unpaired) electrons. The first-order valence-electron chi connectivity index (χ1n) is 6.03. The smallest absolute Gasteiger partial charge is 0.324 e. The van der Waals surface area contributed by atoms with Crippen LogP contribution in [0.3, 0.4) is 0 Å². The monoisotopic (exact) mass is 344 g/mol. The van der Waals surface area contributed by atoms with Gasteiger partial charge in [0.25, 0.3) is 0 Å². The molecule has 0 bridgehead atoms. The van der Waals surface area contributed by atoms with Crippen molar-refractivity contribution in [1.82, 2.24) is 5.32 Å². The Labute approximate surface area is 123 Å². The van der Waals surface area contributed by atoms with Gasteiger partial charge in [0, 0.05) is 16.6 Å². The molecule has 1 aliphatic carbocycles. The fourth-order valence-electron chi connectivity index (χ4n) is 1.65. The molecule has 1 unspecified atom stereocenters. The van der Waals surface area contributed by atoms with Crippen molar-refractivity contribution < 1.29 is 19.6 Å². The highest BCUT2D eigenvalue weighted by Gasteiger charge is 2.29. The largest absolute Gasteiger partial charge is 0.485 e. The van der Waals surface area contributed by atoms with Crippen LogP contribution in [0.15, 0.2) is 22.7 Å². The molecule has 1 saturated carbocycles.